The summed E-state index contributed by atoms with van der Waals surface area (Å²) in [6, 6.07) is 5.51. The number of nitrogens with zero attached hydrogens (tertiary/aromatic N) is 1. The minimum Gasteiger partial charge on any atom is -0.465 e. The van der Waals surface area contributed by atoms with Gasteiger partial charge in [-0.3, -0.25) is 0 Å². The number of benzene rings is 1. The van der Waals surface area contributed by atoms with Gasteiger partial charge in [-0.2, -0.15) is 0 Å². The standard InChI is InChI=1S/C12H15N3O2/c1-7(13-2)11-14-9-6-4-5-8(10(9)15-11)12(16)17-3/h4-7,13H,1-3H3,(H,14,15). The normalized spacial score (nSPS) is 12.6. The predicted molar refractivity (Wildman–Crippen MR) is 64.9 cm³/mol. The van der Waals surface area contributed by atoms with E-state index in [9.17, 15) is 4.79 Å². The summed E-state index contributed by atoms with van der Waals surface area (Å²) >= 11 is 0. The molecule has 5 nitrogen and oxygen atoms in total. The number of nitrogens with one attached hydrogen (secondary N) is 2. The van der Waals surface area contributed by atoms with Gasteiger partial charge in [-0.1, -0.05) is 6.07 Å². The Hall–Kier alpha value is -1.88. The average Bonchev–Trinajstić information content (AvgIpc) is 2.80. The monoisotopic (exact) mass is 233 g/mol. The maximum atomic E-state index is 11.6. The van der Waals surface area contributed by atoms with Crippen molar-refractivity contribution in [3.8, 4) is 0 Å². The molecule has 0 aliphatic heterocycles. The highest BCUT2D eigenvalue weighted by Crippen LogP contribution is 2.19. The molecule has 5 heteroatoms. The summed E-state index contributed by atoms with van der Waals surface area (Å²) in [4.78, 5) is 19.2. The fraction of sp³-hybridized carbons (Fsp3) is 0.333. The van der Waals surface area contributed by atoms with E-state index in [1.807, 2.05) is 20.0 Å². The number of aromatic amines is 1. The first-order valence-corrected chi connectivity index (χ1v) is 5.41. The molecule has 0 saturated carbocycles. The molecule has 1 unspecified atom stereocenters. The number of para-hydroxylation sites is 1. The molecule has 2 rings (SSSR count). The lowest BCUT2D eigenvalue weighted by atomic mass is 10.2. The van der Waals surface area contributed by atoms with Crippen LogP contribution in [0.5, 0.6) is 0 Å². The van der Waals surface area contributed by atoms with E-state index >= 15 is 0 Å². The van der Waals surface area contributed by atoms with Crippen LogP contribution in [0.1, 0.15) is 29.1 Å². The average molecular weight is 233 g/mol. The molecule has 1 atom stereocenters. The smallest absolute Gasteiger partial charge is 0.340 e. The molecule has 1 aromatic heterocycles. The molecule has 0 aliphatic carbocycles. The van der Waals surface area contributed by atoms with E-state index in [1.165, 1.54) is 7.11 Å². The Morgan fingerprint density at radius 2 is 2.29 bits per heavy atom. The molecule has 1 heterocycles. The Balaban J connectivity index is 2.56. The summed E-state index contributed by atoms with van der Waals surface area (Å²) in [5.74, 6) is 0.435. The van der Waals surface area contributed by atoms with Crippen LogP contribution in [0.3, 0.4) is 0 Å². The minimum absolute atomic E-state index is 0.105. The van der Waals surface area contributed by atoms with Gasteiger partial charge in [0.05, 0.1) is 24.2 Å². The summed E-state index contributed by atoms with van der Waals surface area (Å²) in [6.45, 7) is 2.00. The highest BCUT2D eigenvalue weighted by atomic mass is 16.5. The third-order valence-corrected chi connectivity index (χ3v) is 2.78. The molecule has 17 heavy (non-hydrogen) atoms. The molecule has 0 spiro atoms. The van der Waals surface area contributed by atoms with Crippen LogP contribution in [-0.2, 0) is 4.74 Å². The first-order chi connectivity index (χ1) is 8.17. The van der Waals surface area contributed by atoms with Crippen LogP contribution in [0.25, 0.3) is 11.0 Å². The van der Waals surface area contributed by atoms with Gasteiger partial charge in [0.15, 0.2) is 0 Å². The number of rotatable bonds is 3. The molecule has 1 aromatic carbocycles. The van der Waals surface area contributed by atoms with Gasteiger partial charge in [0.2, 0.25) is 0 Å². The van der Waals surface area contributed by atoms with Crippen molar-refractivity contribution in [3.05, 3.63) is 29.6 Å². The highest BCUT2D eigenvalue weighted by molar-refractivity contribution is 6.01. The third-order valence-electron chi connectivity index (χ3n) is 2.78. The third kappa shape index (κ3) is 2.01. The number of H-pyrrole nitrogens is 1. The number of carbonyl (C=O) groups is 1. The Bertz CT molecular complexity index is 548. The van der Waals surface area contributed by atoms with Crippen molar-refractivity contribution in [2.75, 3.05) is 14.2 Å². The van der Waals surface area contributed by atoms with Crippen LogP contribution >= 0.6 is 0 Å². The van der Waals surface area contributed by atoms with E-state index in [1.54, 1.807) is 12.1 Å². The number of ether oxygens (including phenoxy) is 1. The van der Waals surface area contributed by atoms with Crippen molar-refractivity contribution in [1.29, 1.82) is 0 Å². The van der Waals surface area contributed by atoms with Crippen molar-refractivity contribution in [1.82, 2.24) is 15.3 Å². The number of methoxy groups -OCH3 is 1. The quantitative estimate of drug-likeness (QED) is 0.791. The fourth-order valence-electron chi connectivity index (χ4n) is 1.67. The second kappa shape index (κ2) is 4.55. The summed E-state index contributed by atoms with van der Waals surface area (Å²) in [5.41, 5.74) is 1.97. The summed E-state index contributed by atoms with van der Waals surface area (Å²) < 4.78 is 4.73. The number of imidazole rings is 1. The fourth-order valence-corrected chi connectivity index (χ4v) is 1.67. The van der Waals surface area contributed by atoms with E-state index in [4.69, 9.17) is 4.74 Å². The highest BCUT2D eigenvalue weighted by Gasteiger charge is 2.15. The lowest BCUT2D eigenvalue weighted by Crippen LogP contribution is -2.13. The van der Waals surface area contributed by atoms with E-state index in [-0.39, 0.29) is 12.0 Å². The SMILES string of the molecule is CNC(C)c1nc2c(C(=O)OC)cccc2[nH]1. The number of fused-ring (bicyclic) bond motifs is 1. The molecule has 0 radical (unpaired) electrons. The number of aromatic nitrogens is 2. The topological polar surface area (TPSA) is 67.0 Å². The van der Waals surface area contributed by atoms with Crippen molar-refractivity contribution < 1.29 is 9.53 Å². The van der Waals surface area contributed by atoms with Crippen LogP contribution < -0.4 is 5.32 Å². The first kappa shape index (κ1) is 11.6. The molecular weight excluding hydrogens is 218 g/mol. The van der Waals surface area contributed by atoms with E-state index in [0.717, 1.165) is 11.3 Å². The van der Waals surface area contributed by atoms with Crippen molar-refractivity contribution in [2.45, 2.75) is 13.0 Å². The zero-order valence-corrected chi connectivity index (χ0v) is 10.1. The lowest BCUT2D eigenvalue weighted by molar-refractivity contribution is 0.0603. The summed E-state index contributed by atoms with van der Waals surface area (Å²) in [7, 11) is 3.23. The van der Waals surface area contributed by atoms with Gasteiger partial charge in [0, 0.05) is 0 Å². The van der Waals surface area contributed by atoms with Crippen molar-refractivity contribution in [3.63, 3.8) is 0 Å². The molecule has 2 aromatic rings. The van der Waals surface area contributed by atoms with Crippen LogP contribution in [-0.4, -0.2) is 30.1 Å². The van der Waals surface area contributed by atoms with E-state index < -0.39 is 0 Å². The van der Waals surface area contributed by atoms with Gasteiger partial charge >= 0.3 is 5.97 Å². The van der Waals surface area contributed by atoms with Gasteiger partial charge in [-0.15, -0.1) is 0 Å². The van der Waals surface area contributed by atoms with Crippen molar-refractivity contribution in [2.24, 2.45) is 0 Å². The number of esters is 1. The molecular formula is C12H15N3O2. The number of hydrogen-bond donors (Lipinski definition) is 2. The van der Waals surface area contributed by atoms with Gasteiger partial charge in [0.25, 0.3) is 0 Å². The first-order valence-electron chi connectivity index (χ1n) is 5.41. The van der Waals surface area contributed by atoms with Crippen LogP contribution in [0.15, 0.2) is 18.2 Å². The lowest BCUT2D eigenvalue weighted by Gasteiger charge is -2.04. The summed E-state index contributed by atoms with van der Waals surface area (Å²) in [5, 5.41) is 3.09. The molecule has 0 amide bonds. The molecule has 2 N–H and O–H groups in total. The summed E-state index contributed by atoms with van der Waals surface area (Å²) in [6.07, 6.45) is 0. The van der Waals surface area contributed by atoms with Gasteiger partial charge in [-0.05, 0) is 26.1 Å². The Labute approximate surface area is 99.2 Å². The molecule has 90 valence electrons. The molecule has 0 saturated heterocycles. The van der Waals surface area contributed by atoms with Crippen LogP contribution in [0.4, 0.5) is 0 Å². The van der Waals surface area contributed by atoms with Crippen LogP contribution in [0.2, 0.25) is 0 Å². The molecule has 0 bridgehead atoms. The maximum Gasteiger partial charge on any atom is 0.340 e. The van der Waals surface area contributed by atoms with Gasteiger partial charge in [-0.25, -0.2) is 9.78 Å². The zero-order chi connectivity index (χ0) is 12.4. The van der Waals surface area contributed by atoms with Gasteiger partial charge < -0.3 is 15.0 Å². The van der Waals surface area contributed by atoms with Gasteiger partial charge in [0.1, 0.15) is 11.3 Å². The number of carbonyl (C=O) groups excluding carboxylic acids is 1. The van der Waals surface area contributed by atoms with E-state index in [2.05, 4.69) is 15.3 Å². The van der Waals surface area contributed by atoms with Crippen LogP contribution in [0, 0.1) is 0 Å². The minimum atomic E-state index is -0.370. The Kier molecular flexibility index (Phi) is 3.10. The largest absolute Gasteiger partial charge is 0.465 e. The Morgan fingerprint density at radius 1 is 1.53 bits per heavy atom. The number of hydrogen-bond acceptors (Lipinski definition) is 4. The molecule has 0 aliphatic rings. The Morgan fingerprint density at radius 3 is 2.94 bits per heavy atom. The predicted octanol–water partition coefficient (Wildman–Crippen LogP) is 1.63. The molecule has 0 fully saturated rings. The second-order valence-electron chi connectivity index (χ2n) is 3.83. The van der Waals surface area contributed by atoms with Crippen molar-refractivity contribution >= 4 is 17.0 Å². The maximum absolute atomic E-state index is 11.6. The second-order valence-corrected chi connectivity index (χ2v) is 3.83. The zero-order valence-electron chi connectivity index (χ0n) is 10.1. The van der Waals surface area contributed by atoms with E-state index in [0.29, 0.717) is 11.1 Å².